The molecule has 1 amide bonds. The molecule has 1 N–H and O–H groups in total. The van der Waals surface area contributed by atoms with E-state index in [1.807, 2.05) is 45.0 Å². The molecule has 0 radical (unpaired) electrons. The largest absolute Gasteiger partial charge is 0.467 e. The molecule has 140 valence electrons. The summed E-state index contributed by atoms with van der Waals surface area (Å²) in [5.41, 5.74) is 1.89. The lowest BCUT2D eigenvalue weighted by atomic mass is 9.99. The molecule has 0 fully saturated rings. The van der Waals surface area contributed by atoms with Crippen LogP contribution < -0.4 is 5.32 Å². The molecule has 7 nitrogen and oxygen atoms in total. The van der Waals surface area contributed by atoms with E-state index in [0.29, 0.717) is 11.1 Å². The van der Waals surface area contributed by atoms with Crippen LogP contribution in [0.4, 0.5) is 0 Å². The number of aryl methyl sites for hydroxylation is 1. The number of ether oxygens (including phenoxy) is 1. The highest BCUT2D eigenvalue weighted by Crippen LogP contribution is 2.25. The normalized spacial score (nSPS) is 13.1. The highest BCUT2D eigenvalue weighted by molar-refractivity contribution is 7.99. The fourth-order valence-electron chi connectivity index (χ4n) is 2.33. The van der Waals surface area contributed by atoms with Crippen molar-refractivity contribution in [3.8, 4) is 11.5 Å². The topological polar surface area (TPSA) is 94.3 Å². The lowest BCUT2D eigenvalue weighted by molar-refractivity contribution is -0.146. The Labute approximate surface area is 156 Å². The summed E-state index contributed by atoms with van der Waals surface area (Å²) >= 11 is 1.13. The number of aromatic nitrogens is 2. The molecule has 2 atom stereocenters. The molecule has 1 heterocycles. The molecule has 8 heteroatoms. The number of hydrogen-bond acceptors (Lipinski definition) is 7. The van der Waals surface area contributed by atoms with Crippen LogP contribution >= 0.6 is 11.8 Å². The molecule has 0 saturated carbocycles. The highest BCUT2D eigenvalue weighted by Gasteiger charge is 2.26. The molecule has 2 rings (SSSR count). The van der Waals surface area contributed by atoms with Crippen LogP contribution in [-0.4, -0.2) is 41.0 Å². The van der Waals surface area contributed by atoms with Crippen molar-refractivity contribution in [2.75, 3.05) is 12.9 Å². The summed E-state index contributed by atoms with van der Waals surface area (Å²) < 4.78 is 10.4. The number of hydrogen-bond donors (Lipinski definition) is 1. The van der Waals surface area contributed by atoms with E-state index < -0.39 is 12.0 Å². The number of nitrogens with zero attached hydrogens (tertiary/aromatic N) is 2. The molecule has 1 aromatic carbocycles. The van der Waals surface area contributed by atoms with Crippen molar-refractivity contribution in [3.63, 3.8) is 0 Å². The molecule has 2 aromatic rings. The number of amides is 1. The minimum absolute atomic E-state index is 0.0209. The molecule has 0 spiro atoms. The summed E-state index contributed by atoms with van der Waals surface area (Å²) in [4.78, 5) is 24.0. The number of carbonyl (C=O) groups is 2. The van der Waals surface area contributed by atoms with E-state index in [2.05, 4.69) is 15.5 Å². The van der Waals surface area contributed by atoms with Gasteiger partial charge in [0.25, 0.3) is 5.22 Å². The minimum Gasteiger partial charge on any atom is -0.467 e. The molecule has 0 saturated heterocycles. The van der Waals surface area contributed by atoms with Crippen LogP contribution in [0.2, 0.25) is 0 Å². The Morgan fingerprint density at radius 2 is 2.04 bits per heavy atom. The minimum atomic E-state index is -0.664. The zero-order chi connectivity index (χ0) is 19.1. The molecule has 0 aliphatic heterocycles. The third kappa shape index (κ3) is 5.08. The Morgan fingerprint density at radius 1 is 1.31 bits per heavy atom. The maximum atomic E-state index is 12.2. The summed E-state index contributed by atoms with van der Waals surface area (Å²) in [5.74, 6) is -0.275. The molecule has 0 bridgehead atoms. The zero-order valence-electron chi connectivity index (χ0n) is 15.3. The third-order valence-electron chi connectivity index (χ3n) is 4.09. The fourth-order valence-corrected chi connectivity index (χ4v) is 2.90. The number of nitrogens with one attached hydrogen (secondary N) is 1. The molecular weight excluding hydrogens is 354 g/mol. The highest BCUT2D eigenvalue weighted by atomic mass is 32.2. The van der Waals surface area contributed by atoms with Gasteiger partial charge in [-0.05, 0) is 24.5 Å². The number of thioether (sulfide) groups is 1. The number of benzene rings is 1. The Morgan fingerprint density at radius 3 is 2.69 bits per heavy atom. The lowest BCUT2D eigenvalue weighted by Crippen LogP contribution is -2.46. The summed E-state index contributed by atoms with van der Waals surface area (Å²) in [6.07, 6.45) is 0.747. The molecule has 1 aromatic heterocycles. The van der Waals surface area contributed by atoms with Gasteiger partial charge in [-0.25, -0.2) is 4.79 Å². The summed E-state index contributed by atoms with van der Waals surface area (Å²) in [6.45, 7) is 5.80. The summed E-state index contributed by atoms with van der Waals surface area (Å²) in [7, 11) is 1.31. The van der Waals surface area contributed by atoms with Crippen LogP contribution in [-0.2, 0) is 14.3 Å². The Hall–Kier alpha value is -2.35. The first-order chi connectivity index (χ1) is 12.5. The SMILES string of the molecule is CC[C@H](C)[C@@H](NC(=O)CSc1nnc(-c2ccccc2C)o1)C(=O)OC. The Bertz CT molecular complexity index is 762. The van der Waals surface area contributed by atoms with Crippen LogP contribution in [0.1, 0.15) is 25.8 Å². The first-order valence-electron chi connectivity index (χ1n) is 8.35. The van der Waals surface area contributed by atoms with Crippen LogP contribution in [0.15, 0.2) is 33.9 Å². The van der Waals surface area contributed by atoms with Gasteiger partial charge in [-0.2, -0.15) is 0 Å². The van der Waals surface area contributed by atoms with Crippen LogP contribution in [0.25, 0.3) is 11.5 Å². The molecule has 0 aliphatic carbocycles. The first kappa shape index (κ1) is 20.0. The Balaban J connectivity index is 1.95. The fraction of sp³-hybridized carbons (Fsp3) is 0.444. The van der Waals surface area contributed by atoms with Crippen molar-refractivity contribution in [3.05, 3.63) is 29.8 Å². The first-order valence-corrected chi connectivity index (χ1v) is 9.34. The van der Waals surface area contributed by atoms with E-state index in [1.54, 1.807) is 0 Å². The van der Waals surface area contributed by atoms with Crippen molar-refractivity contribution in [1.29, 1.82) is 0 Å². The summed E-state index contributed by atoms with van der Waals surface area (Å²) in [6, 6.07) is 7.03. The van der Waals surface area contributed by atoms with E-state index in [4.69, 9.17) is 9.15 Å². The Kier molecular flexibility index (Phi) is 7.20. The third-order valence-corrected chi connectivity index (χ3v) is 4.91. The standard InChI is InChI=1S/C18H23N3O4S/c1-5-11(2)15(17(23)24-4)19-14(22)10-26-18-21-20-16(25-18)13-9-7-6-8-12(13)3/h6-9,11,15H,5,10H2,1-4H3,(H,19,22)/t11-,15+/m0/s1. The van der Waals surface area contributed by atoms with Crippen molar-refractivity contribution in [1.82, 2.24) is 15.5 Å². The average Bonchev–Trinajstić information content (AvgIpc) is 3.12. The number of esters is 1. The maximum absolute atomic E-state index is 12.2. The van der Waals surface area contributed by atoms with Gasteiger partial charge in [-0.3, -0.25) is 4.79 Å². The maximum Gasteiger partial charge on any atom is 0.328 e. The second kappa shape index (κ2) is 9.38. The predicted molar refractivity (Wildman–Crippen MR) is 98.6 cm³/mol. The van der Waals surface area contributed by atoms with E-state index >= 15 is 0 Å². The van der Waals surface area contributed by atoms with Gasteiger partial charge in [0, 0.05) is 5.56 Å². The quantitative estimate of drug-likeness (QED) is 0.558. The van der Waals surface area contributed by atoms with Gasteiger partial charge in [0.15, 0.2) is 0 Å². The van der Waals surface area contributed by atoms with Gasteiger partial charge in [-0.15, -0.1) is 10.2 Å². The monoisotopic (exact) mass is 377 g/mol. The average molecular weight is 377 g/mol. The van der Waals surface area contributed by atoms with E-state index in [-0.39, 0.29) is 17.6 Å². The summed E-state index contributed by atoms with van der Waals surface area (Å²) in [5, 5.41) is 11.0. The van der Waals surface area contributed by atoms with Gasteiger partial charge < -0.3 is 14.5 Å². The van der Waals surface area contributed by atoms with Gasteiger partial charge >= 0.3 is 5.97 Å². The van der Waals surface area contributed by atoms with Crippen molar-refractivity contribution < 1.29 is 18.7 Å². The number of methoxy groups -OCH3 is 1. The number of carbonyl (C=O) groups excluding carboxylic acids is 2. The predicted octanol–water partition coefficient (Wildman–Crippen LogP) is 2.84. The van der Waals surface area contributed by atoms with E-state index in [0.717, 1.165) is 29.3 Å². The van der Waals surface area contributed by atoms with Crippen LogP contribution in [0, 0.1) is 12.8 Å². The van der Waals surface area contributed by atoms with Gasteiger partial charge in [0.05, 0.1) is 12.9 Å². The molecule has 0 unspecified atom stereocenters. The van der Waals surface area contributed by atoms with E-state index in [9.17, 15) is 9.59 Å². The lowest BCUT2D eigenvalue weighted by Gasteiger charge is -2.21. The van der Waals surface area contributed by atoms with E-state index in [1.165, 1.54) is 7.11 Å². The van der Waals surface area contributed by atoms with Crippen LogP contribution in [0.5, 0.6) is 0 Å². The van der Waals surface area contributed by atoms with Gasteiger partial charge in [0.2, 0.25) is 11.8 Å². The van der Waals surface area contributed by atoms with Crippen molar-refractivity contribution >= 4 is 23.6 Å². The second-order valence-corrected chi connectivity index (χ2v) is 6.86. The number of rotatable bonds is 8. The molecule has 0 aliphatic rings. The van der Waals surface area contributed by atoms with Crippen molar-refractivity contribution in [2.45, 2.75) is 38.5 Å². The zero-order valence-corrected chi connectivity index (χ0v) is 16.1. The van der Waals surface area contributed by atoms with Gasteiger partial charge in [-0.1, -0.05) is 50.2 Å². The smallest absolute Gasteiger partial charge is 0.328 e. The van der Waals surface area contributed by atoms with Gasteiger partial charge in [0.1, 0.15) is 6.04 Å². The van der Waals surface area contributed by atoms with Crippen LogP contribution in [0.3, 0.4) is 0 Å². The molecular formula is C18H23N3O4S. The molecule has 26 heavy (non-hydrogen) atoms. The second-order valence-electron chi connectivity index (χ2n) is 5.93. The van der Waals surface area contributed by atoms with Crippen molar-refractivity contribution in [2.24, 2.45) is 5.92 Å².